The number of likely N-dealkylation sites (N-methyl/N-ethyl adjacent to an activating group) is 1. The van der Waals surface area contributed by atoms with Gasteiger partial charge in [-0.25, -0.2) is 4.98 Å². The summed E-state index contributed by atoms with van der Waals surface area (Å²) >= 11 is 0. The fourth-order valence-electron chi connectivity index (χ4n) is 7.09. The molecule has 3 aromatic rings. The van der Waals surface area contributed by atoms with Crippen LogP contribution in [0.3, 0.4) is 0 Å². The number of benzene rings is 1. The van der Waals surface area contributed by atoms with Crippen molar-refractivity contribution in [3.8, 4) is 11.5 Å². The monoisotopic (exact) mass is 613 g/mol. The van der Waals surface area contributed by atoms with Gasteiger partial charge in [-0.1, -0.05) is 47.5 Å². The first-order chi connectivity index (χ1) is 21.0. The van der Waals surface area contributed by atoms with Crippen LogP contribution in [0, 0.1) is 17.4 Å². The predicted octanol–water partition coefficient (Wildman–Crippen LogP) is 4.99. The molecule has 2 fully saturated rings. The van der Waals surface area contributed by atoms with Gasteiger partial charge in [0, 0.05) is 68.5 Å². The molecule has 44 heavy (non-hydrogen) atoms. The molecule has 0 saturated carbocycles. The summed E-state index contributed by atoms with van der Waals surface area (Å²) in [5, 5.41) is 6.95. The number of carbonyl (C=O) groups is 1. The van der Waals surface area contributed by atoms with Crippen LogP contribution in [0.2, 0.25) is 16.6 Å². The molecule has 4 heterocycles. The number of hydrogen-bond acceptors (Lipinski definition) is 7. The molecule has 0 bridgehead atoms. The minimum atomic E-state index is -2.03. The molecule has 10 heteroatoms. The Morgan fingerprint density at radius 3 is 2.25 bits per heavy atom. The summed E-state index contributed by atoms with van der Waals surface area (Å²) in [7, 11) is 0.124. The van der Waals surface area contributed by atoms with Crippen molar-refractivity contribution in [2.75, 3.05) is 50.0 Å². The van der Waals surface area contributed by atoms with Gasteiger partial charge >= 0.3 is 0 Å². The molecular weight excluding hydrogens is 567 g/mol. The van der Waals surface area contributed by atoms with Crippen LogP contribution in [0.25, 0.3) is 11.0 Å². The van der Waals surface area contributed by atoms with E-state index in [-0.39, 0.29) is 23.9 Å². The number of aromatic nitrogens is 3. The second kappa shape index (κ2) is 13.1. The molecule has 2 aliphatic rings. The summed E-state index contributed by atoms with van der Waals surface area (Å²) in [6, 6.07) is 9.91. The highest BCUT2D eigenvalue weighted by Gasteiger charge is 2.41. The lowest BCUT2D eigenvalue weighted by Gasteiger charge is -2.38. The molecule has 5 rings (SSSR count). The van der Waals surface area contributed by atoms with Crippen LogP contribution in [0.4, 0.5) is 17.3 Å². The zero-order valence-corrected chi connectivity index (χ0v) is 28.3. The predicted molar refractivity (Wildman–Crippen MR) is 182 cm³/mol. The average molecular weight is 614 g/mol. The molecule has 1 amide bonds. The van der Waals surface area contributed by atoms with E-state index in [1.54, 1.807) is 16.8 Å². The maximum atomic E-state index is 13.6. The van der Waals surface area contributed by atoms with Gasteiger partial charge in [0.1, 0.15) is 13.7 Å². The Morgan fingerprint density at radius 1 is 1.00 bits per heavy atom. The van der Waals surface area contributed by atoms with Crippen molar-refractivity contribution in [3.05, 3.63) is 52.4 Å². The third kappa shape index (κ3) is 6.40. The standard InChI is InChI=1S/C34H47N7O2Si/c1-23(2)44(24(3)4,25(5)6)19-13-26-20-31(42)41(22-27-12-14-35-33(27)43)32-30(26)21-36-34(38-32)37-28-8-10-29(11-9-28)40-17-15-39(7)16-18-40/h8-11,20-21,23-25,27H,12,14-18,22H2,1-7H3,(H,35,43)(H,36,37,38). The number of nitrogens with one attached hydrogen (secondary N) is 2. The van der Waals surface area contributed by atoms with Gasteiger partial charge in [-0.15, -0.1) is 5.54 Å². The zero-order valence-electron chi connectivity index (χ0n) is 27.3. The highest BCUT2D eigenvalue weighted by Crippen LogP contribution is 2.41. The van der Waals surface area contributed by atoms with Gasteiger partial charge in [-0.3, -0.25) is 14.2 Å². The topological polar surface area (TPSA) is 95.4 Å². The van der Waals surface area contributed by atoms with E-state index in [2.05, 4.69) is 97.6 Å². The Kier molecular flexibility index (Phi) is 9.47. The molecule has 0 radical (unpaired) electrons. The molecular formula is C34H47N7O2Si. The molecule has 1 atom stereocenters. The second-order valence-electron chi connectivity index (χ2n) is 13.3. The molecule has 2 aromatic heterocycles. The Balaban J connectivity index is 1.53. The van der Waals surface area contributed by atoms with Crippen molar-refractivity contribution in [2.24, 2.45) is 5.92 Å². The first-order valence-electron chi connectivity index (χ1n) is 16.0. The van der Waals surface area contributed by atoms with Crippen molar-refractivity contribution in [3.63, 3.8) is 0 Å². The van der Waals surface area contributed by atoms with Crippen molar-refractivity contribution < 1.29 is 4.79 Å². The van der Waals surface area contributed by atoms with Crippen LogP contribution < -0.4 is 21.1 Å². The molecule has 1 aromatic carbocycles. The quantitative estimate of drug-likeness (QED) is 0.273. The van der Waals surface area contributed by atoms with Crippen molar-refractivity contribution in [1.29, 1.82) is 0 Å². The number of amides is 1. The van der Waals surface area contributed by atoms with Crippen LogP contribution in [-0.2, 0) is 11.3 Å². The largest absolute Gasteiger partial charge is 0.369 e. The number of pyridine rings is 1. The van der Waals surface area contributed by atoms with Crippen LogP contribution >= 0.6 is 0 Å². The summed E-state index contributed by atoms with van der Waals surface area (Å²) in [6.45, 7) is 18.7. The number of fused-ring (bicyclic) bond motifs is 1. The van der Waals surface area contributed by atoms with Crippen molar-refractivity contribution in [2.45, 2.75) is 71.1 Å². The summed E-state index contributed by atoms with van der Waals surface area (Å²) in [5.74, 6) is 3.56. The average Bonchev–Trinajstić information content (AvgIpc) is 3.39. The zero-order chi connectivity index (χ0) is 31.6. The molecule has 2 N–H and O–H groups in total. The Morgan fingerprint density at radius 2 is 1.66 bits per heavy atom. The maximum Gasteiger partial charge on any atom is 0.253 e. The van der Waals surface area contributed by atoms with Gasteiger partial charge in [-0.05, 0) is 54.4 Å². The Labute approximate surface area is 262 Å². The molecule has 234 valence electrons. The number of carbonyl (C=O) groups excluding carboxylic acids is 1. The van der Waals surface area contributed by atoms with E-state index in [0.717, 1.165) is 37.3 Å². The third-order valence-electron chi connectivity index (χ3n) is 9.69. The highest BCUT2D eigenvalue weighted by atomic mass is 28.3. The van der Waals surface area contributed by atoms with E-state index in [0.29, 0.717) is 46.7 Å². The van der Waals surface area contributed by atoms with Gasteiger partial charge in [0.25, 0.3) is 5.56 Å². The fraction of sp³-hybridized carbons (Fsp3) is 0.529. The lowest BCUT2D eigenvalue weighted by atomic mass is 10.1. The Hall–Kier alpha value is -3.68. The lowest BCUT2D eigenvalue weighted by molar-refractivity contribution is -0.122. The first-order valence-corrected chi connectivity index (χ1v) is 18.2. The molecule has 2 aliphatic heterocycles. The summed E-state index contributed by atoms with van der Waals surface area (Å²) in [6.07, 6.45) is 2.46. The number of piperazine rings is 1. The van der Waals surface area contributed by atoms with E-state index in [1.807, 2.05) is 12.1 Å². The lowest BCUT2D eigenvalue weighted by Crippen LogP contribution is -2.44. The molecule has 0 spiro atoms. The fourth-order valence-corrected chi connectivity index (χ4v) is 12.3. The molecule has 9 nitrogen and oxygen atoms in total. The van der Waals surface area contributed by atoms with Crippen molar-refractivity contribution in [1.82, 2.24) is 24.8 Å². The minimum absolute atomic E-state index is 0.0247. The van der Waals surface area contributed by atoms with Gasteiger partial charge in [0.05, 0.1) is 11.3 Å². The normalized spacial score (nSPS) is 17.8. The summed E-state index contributed by atoms with van der Waals surface area (Å²) in [5.41, 5.74) is 8.17. The van der Waals surface area contributed by atoms with E-state index < -0.39 is 8.07 Å². The van der Waals surface area contributed by atoms with E-state index in [1.165, 1.54) is 5.69 Å². The molecule has 0 aliphatic carbocycles. The smallest absolute Gasteiger partial charge is 0.253 e. The van der Waals surface area contributed by atoms with Gasteiger partial charge < -0.3 is 20.4 Å². The maximum absolute atomic E-state index is 13.6. The van der Waals surface area contributed by atoms with E-state index in [4.69, 9.17) is 4.98 Å². The number of nitrogens with zero attached hydrogens (tertiary/aromatic N) is 5. The summed E-state index contributed by atoms with van der Waals surface area (Å²) in [4.78, 5) is 40.4. The van der Waals surface area contributed by atoms with Crippen LogP contribution in [-0.4, -0.2) is 73.2 Å². The Bertz CT molecular complexity index is 1590. The van der Waals surface area contributed by atoms with Gasteiger partial charge in [-0.2, -0.15) is 4.98 Å². The first kappa shape index (κ1) is 31.7. The van der Waals surface area contributed by atoms with Crippen LogP contribution in [0.5, 0.6) is 0 Å². The SMILES string of the molecule is CC(C)[Si](C#Cc1cc(=O)n(CC2CCNC2=O)c2nc(Nc3ccc(N4CCN(C)CC4)cc3)ncc12)(C(C)C)C(C)C. The summed E-state index contributed by atoms with van der Waals surface area (Å²) < 4.78 is 1.62. The molecule has 1 unspecified atom stereocenters. The van der Waals surface area contributed by atoms with E-state index in [9.17, 15) is 9.59 Å². The number of anilines is 3. The minimum Gasteiger partial charge on any atom is -0.369 e. The van der Waals surface area contributed by atoms with Crippen LogP contribution in [0.1, 0.15) is 53.5 Å². The highest BCUT2D eigenvalue weighted by molar-refractivity contribution is 6.90. The second-order valence-corrected chi connectivity index (χ2v) is 18.9. The van der Waals surface area contributed by atoms with Gasteiger partial charge in [0.2, 0.25) is 11.9 Å². The molecule has 2 saturated heterocycles. The third-order valence-corrected chi connectivity index (χ3v) is 16.0. The van der Waals surface area contributed by atoms with Crippen molar-refractivity contribution >= 4 is 42.3 Å². The van der Waals surface area contributed by atoms with Gasteiger partial charge in [0.15, 0.2) is 0 Å². The van der Waals surface area contributed by atoms with E-state index >= 15 is 0 Å². The number of hydrogen-bond donors (Lipinski definition) is 2. The van der Waals surface area contributed by atoms with Crippen LogP contribution in [0.15, 0.2) is 41.3 Å². The number of rotatable bonds is 8.